The van der Waals surface area contributed by atoms with Gasteiger partial charge in [-0.1, -0.05) is 11.6 Å². The van der Waals surface area contributed by atoms with Crippen molar-refractivity contribution in [3.63, 3.8) is 0 Å². The number of aromatic nitrogens is 2. The zero-order valence-corrected chi connectivity index (χ0v) is 10.6. The van der Waals surface area contributed by atoms with Crippen LogP contribution in [0, 0.1) is 6.92 Å². The second-order valence-electron chi connectivity index (χ2n) is 3.31. The van der Waals surface area contributed by atoms with Gasteiger partial charge in [-0.2, -0.15) is 0 Å². The maximum absolute atomic E-state index is 11.9. The lowest BCUT2D eigenvalue weighted by Gasteiger charge is -2.06. The van der Waals surface area contributed by atoms with E-state index in [9.17, 15) is 4.79 Å². The Hall–Kier alpha value is -0.870. The number of fused-ring (bicyclic) bond motifs is 1. The predicted molar refractivity (Wildman–Crippen MR) is 64.4 cm³/mol. The molecule has 0 fully saturated rings. The van der Waals surface area contributed by atoms with Crippen molar-refractivity contribution in [3.05, 3.63) is 37.8 Å². The Morgan fingerprint density at radius 2 is 2.13 bits per heavy atom. The quantitative estimate of drug-likeness (QED) is 0.746. The molecular formula is C10H8BrClN2O. The zero-order valence-electron chi connectivity index (χ0n) is 8.21. The van der Waals surface area contributed by atoms with Gasteiger partial charge in [0.2, 0.25) is 0 Å². The van der Waals surface area contributed by atoms with Crippen molar-refractivity contribution in [3.8, 4) is 0 Å². The summed E-state index contributed by atoms with van der Waals surface area (Å²) < 4.78 is 2.25. The largest absolute Gasteiger partial charge is 0.299 e. The fraction of sp³-hybridized carbons (Fsp3) is 0.200. The molecule has 0 saturated carbocycles. The maximum Gasteiger partial charge on any atom is 0.261 e. The van der Waals surface area contributed by atoms with E-state index < -0.39 is 0 Å². The van der Waals surface area contributed by atoms with Crippen LogP contribution in [-0.2, 0) is 7.05 Å². The topological polar surface area (TPSA) is 34.9 Å². The highest BCUT2D eigenvalue weighted by Crippen LogP contribution is 2.24. The number of nitrogens with zero attached hydrogens (tertiary/aromatic N) is 2. The minimum Gasteiger partial charge on any atom is -0.299 e. The Labute approximate surface area is 99.8 Å². The Bertz CT molecular complexity index is 606. The highest BCUT2D eigenvalue weighted by Gasteiger charge is 2.09. The number of hydrogen-bond donors (Lipinski definition) is 0. The molecule has 0 amide bonds. The van der Waals surface area contributed by atoms with Crippen molar-refractivity contribution in [2.45, 2.75) is 6.92 Å². The third-order valence-corrected chi connectivity index (χ3v) is 3.14. The number of aryl methyl sites for hydroxylation is 1. The molecule has 1 aromatic carbocycles. The van der Waals surface area contributed by atoms with Gasteiger partial charge in [-0.25, -0.2) is 4.98 Å². The molecule has 0 aliphatic carbocycles. The maximum atomic E-state index is 11.9. The van der Waals surface area contributed by atoms with Gasteiger partial charge in [0, 0.05) is 16.5 Å². The van der Waals surface area contributed by atoms with Gasteiger partial charge in [0.25, 0.3) is 5.56 Å². The van der Waals surface area contributed by atoms with Crippen molar-refractivity contribution in [2.24, 2.45) is 7.05 Å². The molecule has 0 radical (unpaired) electrons. The highest BCUT2D eigenvalue weighted by atomic mass is 79.9. The van der Waals surface area contributed by atoms with Gasteiger partial charge in [0.1, 0.15) is 5.82 Å². The van der Waals surface area contributed by atoms with Crippen LogP contribution < -0.4 is 5.56 Å². The Kier molecular flexibility index (Phi) is 2.56. The van der Waals surface area contributed by atoms with E-state index in [0.717, 1.165) is 4.47 Å². The number of hydrogen-bond acceptors (Lipinski definition) is 2. The van der Waals surface area contributed by atoms with Crippen LogP contribution in [0.1, 0.15) is 5.82 Å². The molecule has 0 aliphatic rings. The molecule has 0 bridgehead atoms. The molecule has 15 heavy (non-hydrogen) atoms. The standard InChI is InChI=1S/C10H8BrClN2O/c1-5-13-9-7(10(15)14(5)2)3-6(12)4-8(9)11/h3-4H,1-2H3. The fourth-order valence-electron chi connectivity index (χ4n) is 1.41. The molecule has 78 valence electrons. The number of benzene rings is 1. The molecule has 1 heterocycles. The van der Waals surface area contributed by atoms with E-state index in [1.807, 2.05) is 0 Å². The van der Waals surface area contributed by atoms with Gasteiger partial charge in [-0.05, 0) is 35.0 Å². The molecule has 0 spiro atoms. The minimum atomic E-state index is -0.0827. The second-order valence-corrected chi connectivity index (χ2v) is 4.60. The third kappa shape index (κ3) is 1.68. The van der Waals surface area contributed by atoms with E-state index in [-0.39, 0.29) is 5.56 Å². The summed E-state index contributed by atoms with van der Waals surface area (Å²) in [6.45, 7) is 1.79. The molecule has 2 rings (SSSR count). The van der Waals surface area contributed by atoms with Crippen LogP contribution >= 0.6 is 27.5 Å². The highest BCUT2D eigenvalue weighted by molar-refractivity contribution is 9.10. The van der Waals surface area contributed by atoms with Crippen LogP contribution in [-0.4, -0.2) is 9.55 Å². The van der Waals surface area contributed by atoms with Crippen molar-refractivity contribution in [1.82, 2.24) is 9.55 Å². The second kappa shape index (κ2) is 3.61. The Morgan fingerprint density at radius 3 is 2.80 bits per heavy atom. The molecule has 0 atom stereocenters. The average Bonchev–Trinajstić information content (AvgIpc) is 2.17. The molecule has 2 aromatic rings. The molecular weight excluding hydrogens is 279 g/mol. The fourth-order valence-corrected chi connectivity index (χ4v) is 2.31. The number of rotatable bonds is 0. The van der Waals surface area contributed by atoms with Crippen LogP contribution in [0.25, 0.3) is 10.9 Å². The predicted octanol–water partition coefficient (Wildman–Crippen LogP) is 2.66. The summed E-state index contributed by atoms with van der Waals surface area (Å²) in [6.07, 6.45) is 0. The van der Waals surface area contributed by atoms with Gasteiger partial charge >= 0.3 is 0 Å². The van der Waals surface area contributed by atoms with Crippen LogP contribution in [0.3, 0.4) is 0 Å². The summed E-state index contributed by atoms with van der Waals surface area (Å²) in [6, 6.07) is 3.37. The lowest BCUT2D eigenvalue weighted by molar-refractivity contribution is 0.792. The summed E-state index contributed by atoms with van der Waals surface area (Å²) >= 11 is 9.23. The molecule has 0 saturated heterocycles. The van der Waals surface area contributed by atoms with Crippen LogP contribution in [0.2, 0.25) is 5.02 Å². The monoisotopic (exact) mass is 286 g/mol. The minimum absolute atomic E-state index is 0.0827. The summed E-state index contributed by atoms with van der Waals surface area (Å²) in [4.78, 5) is 16.2. The van der Waals surface area contributed by atoms with Crippen molar-refractivity contribution in [1.29, 1.82) is 0 Å². The van der Waals surface area contributed by atoms with Crippen molar-refractivity contribution < 1.29 is 0 Å². The first kappa shape index (κ1) is 10.6. The molecule has 5 heteroatoms. The molecule has 0 N–H and O–H groups in total. The Morgan fingerprint density at radius 1 is 1.47 bits per heavy atom. The van der Waals surface area contributed by atoms with Gasteiger partial charge < -0.3 is 0 Å². The zero-order chi connectivity index (χ0) is 11.2. The first-order valence-corrected chi connectivity index (χ1v) is 5.50. The smallest absolute Gasteiger partial charge is 0.261 e. The summed E-state index contributed by atoms with van der Waals surface area (Å²) in [5, 5.41) is 1.06. The van der Waals surface area contributed by atoms with Gasteiger partial charge in [-0.3, -0.25) is 9.36 Å². The lowest BCUT2D eigenvalue weighted by atomic mass is 10.2. The summed E-state index contributed by atoms with van der Waals surface area (Å²) in [7, 11) is 1.69. The van der Waals surface area contributed by atoms with E-state index in [1.54, 1.807) is 26.1 Å². The normalized spacial score (nSPS) is 10.9. The van der Waals surface area contributed by atoms with Crippen LogP contribution in [0.5, 0.6) is 0 Å². The SMILES string of the molecule is Cc1nc2c(Br)cc(Cl)cc2c(=O)n1C. The van der Waals surface area contributed by atoms with Gasteiger partial charge in [0.15, 0.2) is 0 Å². The molecule has 1 aromatic heterocycles. The van der Waals surface area contributed by atoms with Crippen molar-refractivity contribution in [2.75, 3.05) is 0 Å². The van der Waals surface area contributed by atoms with E-state index in [4.69, 9.17) is 11.6 Å². The summed E-state index contributed by atoms with van der Waals surface area (Å²) in [5.41, 5.74) is 0.570. The molecule has 3 nitrogen and oxygen atoms in total. The average molecular weight is 288 g/mol. The van der Waals surface area contributed by atoms with E-state index in [2.05, 4.69) is 20.9 Å². The Balaban J connectivity index is 3.06. The van der Waals surface area contributed by atoms with E-state index in [0.29, 0.717) is 21.7 Å². The third-order valence-electron chi connectivity index (χ3n) is 2.32. The number of halogens is 2. The first-order valence-electron chi connectivity index (χ1n) is 4.33. The lowest BCUT2D eigenvalue weighted by Crippen LogP contribution is -2.20. The van der Waals surface area contributed by atoms with Crippen molar-refractivity contribution >= 4 is 38.4 Å². The molecule has 0 aliphatic heterocycles. The van der Waals surface area contributed by atoms with E-state index in [1.165, 1.54) is 4.57 Å². The van der Waals surface area contributed by atoms with Crippen LogP contribution in [0.4, 0.5) is 0 Å². The molecule has 0 unspecified atom stereocenters. The van der Waals surface area contributed by atoms with Crippen LogP contribution in [0.15, 0.2) is 21.4 Å². The van der Waals surface area contributed by atoms with E-state index >= 15 is 0 Å². The summed E-state index contributed by atoms with van der Waals surface area (Å²) in [5.74, 6) is 0.676. The van der Waals surface area contributed by atoms with Gasteiger partial charge in [0.05, 0.1) is 10.9 Å². The van der Waals surface area contributed by atoms with Gasteiger partial charge in [-0.15, -0.1) is 0 Å². The first-order chi connectivity index (χ1) is 7.00.